The molecule has 12 heavy (non-hydrogen) atoms. The normalized spacial score (nSPS) is 34.6. The third kappa shape index (κ3) is 1.62. The Bertz CT molecular complexity index is 184. The molecule has 2 heteroatoms. The fraction of sp³-hybridized carbons (Fsp3) is 0.900. The van der Waals surface area contributed by atoms with Gasteiger partial charge in [0.2, 0.25) is 0 Å². The van der Waals surface area contributed by atoms with E-state index in [0.717, 1.165) is 12.8 Å². The number of carbonyl (C=O) groups is 1. The highest BCUT2D eigenvalue weighted by molar-refractivity contribution is 5.71. The largest absolute Gasteiger partial charge is 0.481 e. The number of hydrogen-bond donors (Lipinski definition) is 1. The van der Waals surface area contributed by atoms with Gasteiger partial charge >= 0.3 is 5.97 Å². The number of hydrogen-bond acceptors (Lipinski definition) is 1. The molecule has 1 fully saturated rings. The molecule has 1 N–H and O–H groups in total. The van der Waals surface area contributed by atoms with Gasteiger partial charge in [0.15, 0.2) is 0 Å². The van der Waals surface area contributed by atoms with E-state index in [-0.39, 0.29) is 11.3 Å². The van der Waals surface area contributed by atoms with E-state index in [4.69, 9.17) is 5.11 Å². The monoisotopic (exact) mass is 170 g/mol. The first-order valence-corrected chi connectivity index (χ1v) is 4.68. The lowest BCUT2D eigenvalue weighted by Gasteiger charge is -2.40. The van der Waals surface area contributed by atoms with Crippen LogP contribution in [-0.4, -0.2) is 11.1 Å². The van der Waals surface area contributed by atoms with Crippen LogP contribution in [0.1, 0.15) is 40.0 Å². The highest BCUT2D eigenvalue weighted by Gasteiger charge is 2.41. The van der Waals surface area contributed by atoms with E-state index in [2.05, 4.69) is 20.8 Å². The summed E-state index contributed by atoms with van der Waals surface area (Å²) >= 11 is 0. The summed E-state index contributed by atoms with van der Waals surface area (Å²) in [5.74, 6) is -0.426. The second-order valence-electron chi connectivity index (χ2n) is 4.67. The molecule has 0 saturated heterocycles. The van der Waals surface area contributed by atoms with Crippen molar-refractivity contribution in [1.29, 1.82) is 0 Å². The lowest BCUT2D eigenvalue weighted by atomic mass is 9.64. The molecule has 2 nitrogen and oxygen atoms in total. The van der Waals surface area contributed by atoms with E-state index in [1.165, 1.54) is 6.42 Å². The predicted octanol–water partition coefficient (Wildman–Crippen LogP) is 2.53. The van der Waals surface area contributed by atoms with Gasteiger partial charge in [-0.2, -0.15) is 0 Å². The van der Waals surface area contributed by atoms with Crippen LogP contribution in [-0.2, 0) is 4.79 Å². The zero-order valence-electron chi connectivity index (χ0n) is 8.13. The number of carboxylic acids is 1. The minimum absolute atomic E-state index is 0.0104. The van der Waals surface area contributed by atoms with Crippen molar-refractivity contribution < 1.29 is 9.90 Å². The average molecular weight is 170 g/mol. The van der Waals surface area contributed by atoms with Gasteiger partial charge in [-0.25, -0.2) is 0 Å². The van der Waals surface area contributed by atoms with Crippen LogP contribution in [0.4, 0.5) is 0 Å². The molecule has 0 heterocycles. The van der Waals surface area contributed by atoms with Crippen LogP contribution in [0.25, 0.3) is 0 Å². The third-order valence-corrected chi connectivity index (χ3v) is 3.16. The summed E-state index contributed by atoms with van der Waals surface area (Å²) in [5, 5.41) is 9.04. The highest BCUT2D eigenvalue weighted by atomic mass is 16.4. The highest BCUT2D eigenvalue weighted by Crippen LogP contribution is 2.43. The van der Waals surface area contributed by atoms with Crippen molar-refractivity contribution in [3.63, 3.8) is 0 Å². The van der Waals surface area contributed by atoms with E-state index in [1.807, 2.05) is 0 Å². The minimum atomic E-state index is -0.618. The SMILES string of the molecule is C[C@@H]1CCCC(C)(C)[C@@H]1C(=O)O. The zero-order chi connectivity index (χ0) is 9.35. The second-order valence-corrected chi connectivity index (χ2v) is 4.67. The van der Waals surface area contributed by atoms with E-state index >= 15 is 0 Å². The Balaban J connectivity index is 2.81. The van der Waals surface area contributed by atoms with Crippen molar-refractivity contribution in [3.05, 3.63) is 0 Å². The summed E-state index contributed by atoms with van der Waals surface area (Å²) in [6.07, 6.45) is 3.30. The number of rotatable bonds is 1. The number of carboxylic acid groups (broad SMARTS) is 1. The second kappa shape index (κ2) is 3.08. The van der Waals surface area contributed by atoms with Gasteiger partial charge in [-0.3, -0.25) is 4.79 Å². The Morgan fingerprint density at radius 1 is 1.50 bits per heavy atom. The molecule has 0 bridgehead atoms. The van der Waals surface area contributed by atoms with Crippen LogP contribution in [0, 0.1) is 17.3 Å². The molecule has 1 aliphatic rings. The molecule has 0 amide bonds. The van der Waals surface area contributed by atoms with Crippen molar-refractivity contribution >= 4 is 5.97 Å². The maximum atomic E-state index is 11.0. The predicted molar refractivity (Wildman–Crippen MR) is 47.9 cm³/mol. The molecule has 0 aliphatic heterocycles. The molecular formula is C10H18O2. The van der Waals surface area contributed by atoms with Gasteiger partial charge in [-0.05, 0) is 24.2 Å². The Morgan fingerprint density at radius 2 is 2.08 bits per heavy atom. The molecule has 70 valence electrons. The van der Waals surface area contributed by atoms with Crippen molar-refractivity contribution in [2.45, 2.75) is 40.0 Å². The topological polar surface area (TPSA) is 37.3 Å². The van der Waals surface area contributed by atoms with Crippen LogP contribution >= 0.6 is 0 Å². The van der Waals surface area contributed by atoms with Gasteiger partial charge in [0, 0.05) is 0 Å². The van der Waals surface area contributed by atoms with E-state index in [1.54, 1.807) is 0 Å². The lowest BCUT2D eigenvalue weighted by molar-refractivity contribution is -0.150. The van der Waals surface area contributed by atoms with Crippen molar-refractivity contribution in [2.24, 2.45) is 17.3 Å². The maximum absolute atomic E-state index is 11.0. The summed E-state index contributed by atoms with van der Waals surface area (Å²) in [4.78, 5) is 11.0. The molecule has 0 unspecified atom stereocenters. The first kappa shape index (κ1) is 9.56. The van der Waals surface area contributed by atoms with Crippen LogP contribution in [0.3, 0.4) is 0 Å². The molecule has 0 aromatic carbocycles. The Morgan fingerprint density at radius 3 is 2.42 bits per heavy atom. The first-order chi connectivity index (χ1) is 5.45. The van der Waals surface area contributed by atoms with Crippen molar-refractivity contribution in [3.8, 4) is 0 Å². The molecule has 2 atom stereocenters. The Kier molecular flexibility index (Phi) is 2.45. The molecule has 1 rings (SSSR count). The van der Waals surface area contributed by atoms with Crippen LogP contribution in [0.15, 0.2) is 0 Å². The summed E-state index contributed by atoms with van der Waals surface area (Å²) in [6.45, 7) is 6.20. The van der Waals surface area contributed by atoms with Gasteiger partial charge in [0.25, 0.3) is 0 Å². The number of aliphatic carboxylic acids is 1. The van der Waals surface area contributed by atoms with Crippen LogP contribution < -0.4 is 0 Å². The minimum Gasteiger partial charge on any atom is -0.481 e. The van der Waals surface area contributed by atoms with Gasteiger partial charge in [-0.1, -0.05) is 27.2 Å². The standard InChI is InChI=1S/C10H18O2/c1-7-5-4-6-10(2,3)8(7)9(11)12/h7-8H,4-6H2,1-3H3,(H,11,12)/t7-,8+/m1/s1. The van der Waals surface area contributed by atoms with Crippen molar-refractivity contribution in [2.75, 3.05) is 0 Å². The fourth-order valence-corrected chi connectivity index (χ4v) is 2.55. The quantitative estimate of drug-likeness (QED) is 0.656. The summed E-state index contributed by atoms with van der Waals surface area (Å²) in [5.41, 5.74) is -0.0104. The van der Waals surface area contributed by atoms with Gasteiger partial charge in [-0.15, -0.1) is 0 Å². The zero-order valence-corrected chi connectivity index (χ0v) is 8.13. The maximum Gasteiger partial charge on any atom is 0.307 e. The Labute approximate surface area is 74.0 Å². The Hall–Kier alpha value is -0.530. The molecular weight excluding hydrogens is 152 g/mol. The van der Waals surface area contributed by atoms with Gasteiger partial charge < -0.3 is 5.11 Å². The van der Waals surface area contributed by atoms with E-state index in [9.17, 15) is 4.79 Å². The molecule has 1 saturated carbocycles. The third-order valence-electron chi connectivity index (χ3n) is 3.16. The molecule has 0 radical (unpaired) electrons. The average Bonchev–Trinajstić information content (AvgIpc) is 1.82. The van der Waals surface area contributed by atoms with Gasteiger partial charge in [0.05, 0.1) is 5.92 Å². The molecule has 0 spiro atoms. The molecule has 0 aromatic heterocycles. The fourth-order valence-electron chi connectivity index (χ4n) is 2.55. The summed E-state index contributed by atoms with van der Waals surface area (Å²) < 4.78 is 0. The van der Waals surface area contributed by atoms with Gasteiger partial charge in [0.1, 0.15) is 0 Å². The van der Waals surface area contributed by atoms with Crippen LogP contribution in [0.5, 0.6) is 0 Å². The lowest BCUT2D eigenvalue weighted by Crippen LogP contribution is -2.39. The first-order valence-electron chi connectivity index (χ1n) is 4.68. The molecule has 0 aromatic rings. The summed E-state index contributed by atoms with van der Waals surface area (Å²) in [7, 11) is 0. The van der Waals surface area contributed by atoms with E-state index < -0.39 is 5.97 Å². The van der Waals surface area contributed by atoms with E-state index in [0.29, 0.717) is 5.92 Å². The molecule has 1 aliphatic carbocycles. The smallest absolute Gasteiger partial charge is 0.307 e. The summed E-state index contributed by atoms with van der Waals surface area (Å²) in [6, 6.07) is 0. The van der Waals surface area contributed by atoms with Crippen LogP contribution in [0.2, 0.25) is 0 Å². The van der Waals surface area contributed by atoms with Crippen molar-refractivity contribution in [1.82, 2.24) is 0 Å².